The first kappa shape index (κ1) is 14.2. The quantitative estimate of drug-likeness (QED) is 0.441. The van der Waals surface area contributed by atoms with Gasteiger partial charge >= 0.3 is 0 Å². The molecule has 0 fully saturated rings. The fraction of sp³-hybridized carbons (Fsp3) is 0. The lowest BCUT2D eigenvalue weighted by Crippen LogP contribution is -2.23. The van der Waals surface area contributed by atoms with Crippen molar-refractivity contribution in [3.63, 3.8) is 0 Å². The number of hydrogen-bond donors (Lipinski definition) is 2. The van der Waals surface area contributed by atoms with Gasteiger partial charge in [0.25, 0.3) is 0 Å². The van der Waals surface area contributed by atoms with Crippen LogP contribution >= 0.6 is 12.2 Å². The van der Waals surface area contributed by atoms with E-state index in [-0.39, 0.29) is 0 Å². The van der Waals surface area contributed by atoms with Gasteiger partial charge in [-0.3, -0.25) is 10.4 Å². The standard InChI is InChI=1S/C17H14N4S/c22-17(20-15-9-2-1-3-10-15)21-19-12-14-7-4-6-13-8-5-11-18-16(13)14/h1-12H,(H2,20,21,22). The summed E-state index contributed by atoms with van der Waals surface area (Å²) < 4.78 is 0. The number of hydrogen-bond acceptors (Lipinski definition) is 3. The van der Waals surface area contributed by atoms with E-state index in [4.69, 9.17) is 12.2 Å². The third-order valence-corrected chi connectivity index (χ3v) is 3.26. The Bertz CT molecular complexity index is 810. The van der Waals surface area contributed by atoms with Gasteiger partial charge in [0.2, 0.25) is 0 Å². The van der Waals surface area contributed by atoms with E-state index in [0.717, 1.165) is 22.2 Å². The van der Waals surface area contributed by atoms with E-state index in [0.29, 0.717) is 5.11 Å². The zero-order valence-electron chi connectivity index (χ0n) is 11.7. The summed E-state index contributed by atoms with van der Waals surface area (Å²) in [6.07, 6.45) is 3.49. The van der Waals surface area contributed by atoms with E-state index >= 15 is 0 Å². The van der Waals surface area contributed by atoms with Crippen LogP contribution in [0, 0.1) is 0 Å². The number of pyridine rings is 1. The van der Waals surface area contributed by atoms with E-state index in [1.807, 2.05) is 60.7 Å². The van der Waals surface area contributed by atoms with Gasteiger partial charge < -0.3 is 5.32 Å². The van der Waals surface area contributed by atoms with Gasteiger partial charge in [-0.1, -0.05) is 42.5 Å². The fourth-order valence-corrected chi connectivity index (χ4v) is 2.24. The highest BCUT2D eigenvalue weighted by atomic mass is 32.1. The molecule has 1 aromatic heterocycles. The molecule has 4 nitrogen and oxygen atoms in total. The third kappa shape index (κ3) is 3.45. The van der Waals surface area contributed by atoms with Gasteiger partial charge in [-0.2, -0.15) is 5.10 Å². The summed E-state index contributed by atoms with van der Waals surface area (Å²) in [5, 5.41) is 8.75. The molecular formula is C17H14N4S. The molecule has 0 unspecified atom stereocenters. The largest absolute Gasteiger partial charge is 0.331 e. The first-order valence-corrected chi connectivity index (χ1v) is 7.22. The maximum atomic E-state index is 5.20. The summed E-state index contributed by atoms with van der Waals surface area (Å²) in [5.74, 6) is 0. The van der Waals surface area contributed by atoms with E-state index < -0.39 is 0 Å². The third-order valence-electron chi connectivity index (χ3n) is 3.07. The molecule has 0 aliphatic carbocycles. The molecule has 0 aliphatic rings. The summed E-state index contributed by atoms with van der Waals surface area (Å²) >= 11 is 5.20. The molecule has 0 saturated carbocycles. The van der Waals surface area contributed by atoms with Gasteiger partial charge in [-0.05, 0) is 30.4 Å². The molecule has 0 saturated heterocycles. The first-order chi connectivity index (χ1) is 10.8. The molecule has 0 amide bonds. The molecule has 0 radical (unpaired) electrons. The van der Waals surface area contributed by atoms with Crippen molar-refractivity contribution in [1.29, 1.82) is 0 Å². The number of anilines is 1. The van der Waals surface area contributed by atoms with Crippen molar-refractivity contribution < 1.29 is 0 Å². The molecule has 5 heteroatoms. The van der Waals surface area contributed by atoms with Gasteiger partial charge in [0.1, 0.15) is 0 Å². The second-order valence-electron chi connectivity index (χ2n) is 4.61. The zero-order chi connectivity index (χ0) is 15.2. The number of nitrogens with zero attached hydrogens (tertiary/aromatic N) is 2. The molecule has 3 aromatic rings. The van der Waals surface area contributed by atoms with Crippen LogP contribution in [-0.4, -0.2) is 16.3 Å². The van der Waals surface area contributed by atoms with Crippen LogP contribution in [0.2, 0.25) is 0 Å². The minimum absolute atomic E-state index is 0.440. The summed E-state index contributed by atoms with van der Waals surface area (Å²) in [4.78, 5) is 4.38. The van der Waals surface area contributed by atoms with Crippen molar-refractivity contribution in [3.05, 3.63) is 72.4 Å². The number of benzene rings is 2. The number of rotatable bonds is 3. The molecule has 1 heterocycles. The number of thiocarbonyl (C=S) groups is 1. The molecule has 108 valence electrons. The number of fused-ring (bicyclic) bond motifs is 1. The minimum Gasteiger partial charge on any atom is -0.331 e. The summed E-state index contributed by atoms with van der Waals surface area (Å²) in [5.41, 5.74) is 5.58. The Balaban J connectivity index is 1.67. The van der Waals surface area contributed by atoms with Crippen LogP contribution in [0.5, 0.6) is 0 Å². The second-order valence-corrected chi connectivity index (χ2v) is 5.02. The predicted octanol–water partition coefficient (Wildman–Crippen LogP) is 3.56. The van der Waals surface area contributed by atoms with Gasteiger partial charge in [0.05, 0.1) is 11.7 Å². The van der Waals surface area contributed by atoms with Crippen LogP contribution in [0.4, 0.5) is 5.69 Å². The Kier molecular flexibility index (Phi) is 4.36. The molecule has 0 spiro atoms. The molecule has 2 N–H and O–H groups in total. The van der Waals surface area contributed by atoms with Crippen LogP contribution < -0.4 is 10.7 Å². The van der Waals surface area contributed by atoms with Gasteiger partial charge in [0.15, 0.2) is 5.11 Å². The smallest absolute Gasteiger partial charge is 0.191 e. The Labute approximate surface area is 133 Å². The van der Waals surface area contributed by atoms with E-state index in [1.165, 1.54) is 0 Å². The van der Waals surface area contributed by atoms with Crippen molar-refractivity contribution in [3.8, 4) is 0 Å². The van der Waals surface area contributed by atoms with Crippen LogP contribution in [-0.2, 0) is 0 Å². The van der Waals surface area contributed by atoms with Crippen molar-refractivity contribution in [2.75, 3.05) is 5.32 Å². The highest BCUT2D eigenvalue weighted by Gasteiger charge is 1.99. The molecule has 0 bridgehead atoms. The molecule has 0 atom stereocenters. The van der Waals surface area contributed by atoms with Crippen molar-refractivity contribution in [2.45, 2.75) is 0 Å². The molecule has 3 rings (SSSR count). The van der Waals surface area contributed by atoms with Crippen LogP contribution in [0.3, 0.4) is 0 Å². The summed E-state index contributed by atoms with van der Waals surface area (Å²) in [6.45, 7) is 0. The lowest BCUT2D eigenvalue weighted by atomic mass is 10.1. The molecule has 0 aliphatic heterocycles. The topological polar surface area (TPSA) is 49.3 Å². The van der Waals surface area contributed by atoms with Crippen LogP contribution in [0.1, 0.15) is 5.56 Å². The van der Waals surface area contributed by atoms with E-state index in [9.17, 15) is 0 Å². The Morgan fingerprint density at radius 1 is 1.00 bits per heavy atom. The maximum Gasteiger partial charge on any atom is 0.191 e. The van der Waals surface area contributed by atoms with Gasteiger partial charge in [-0.25, -0.2) is 0 Å². The Morgan fingerprint density at radius 3 is 2.68 bits per heavy atom. The van der Waals surface area contributed by atoms with Crippen molar-refractivity contribution in [2.24, 2.45) is 5.10 Å². The molecule has 2 aromatic carbocycles. The summed E-state index contributed by atoms with van der Waals surface area (Å²) in [6, 6.07) is 19.6. The minimum atomic E-state index is 0.440. The van der Waals surface area contributed by atoms with Crippen LogP contribution in [0.25, 0.3) is 10.9 Å². The van der Waals surface area contributed by atoms with Gasteiger partial charge in [-0.15, -0.1) is 0 Å². The highest BCUT2D eigenvalue weighted by molar-refractivity contribution is 7.80. The predicted molar refractivity (Wildman–Crippen MR) is 95.1 cm³/mol. The number of aromatic nitrogens is 1. The first-order valence-electron chi connectivity index (χ1n) is 6.82. The Hall–Kier alpha value is -2.79. The second kappa shape index (κ2) is 6.78. The lowest BCUT2D eigenvalue weighted by Gasteiger charge is -2.06. The molecular weight excluding hydrogens is 292 g/mol. The SMILES string of the molecule is S=C(NN=Cc1cccc2cccnc12)Nc1ccccc1. The van der Waals surface area contributed by atoms with Gasteiger partial charge in [0, 0.05) is 22.8 Å². The highest BCUT2D eigenvalue weighted by Crippen LogP contribution is 2.13. The number of nitrogens with one attached hydrogen (secondary N) is 2. The monoisotopic (exact) mass is 306 g/mol. The average molecular weight is 306 g/mol. The van der Waals surface area contributed by atoms with Crippen molar-refractivity contribution >= 4 is 40.1 Å². The number of hydrazone groups is 1. The molecule has 22 heavy (non-hydrogen) atoms. The summed E-state index contributed by atoms with van der Waals surface area (Å²) in [7, 11) is 0. The van der Waals surface area contributed by atoms with E-state index in [2.05, 4.69) is 20.8 Å². The Morgan fingerprint density at radius 2 is 1.82 bits per heavy atom. The number of para-hydroxylation sites is 2. The van der Waals surface area contributed by atoms with Crippen molar-refractivity contribution in [1.82, 2.24) is 10.4 Å². The average Bonchev–Trinajstić information content (AvgIpc) is 2.56. The van der Waals surface area contributed by atoms with Crippen LogP contribution in [0.15, 0.2) is 72.0 Å². The maximum absolute atomic E-state index is 5.20. The normalized spacial score (nSPS) is 10.7. The zero-order valence-corrected chi connectivity index (χ0v) is 12.5. The fourth-order valence-electron chi connectivity index (χ4n) is 2.07. The van der Waals surface area contributed by atoms with E-state index in [1.54, 1.807) is 12.4 Å². The lowest BCUT2D eigenvalue weighted by molar-refractivity contribution is 1.05.